The average molecular weight is 324 g/mol. The van der Waals surface area contributed by atoms with Crippen molar-refractivity contribution in [2.24, 2.45) is 0 Å². The van der Waals surface area contributed by atoms with Gasteiger partial charge >= 0.3 is 12.2 Å². The summed E-state index contributed by atoms with van der Waals surface area (Å²) in [5.41, 5.74) is 0.0201. The zero-order valence-electron chi connectivity index (χ0n) is 11.7. The standard InChI is InChI=1S/C13H16F4N2O3/c1-8(20)7-18-12(21)19-10-3-2-9(14)6-11(10)22-5-4-13(15,16)17/h2-3,6,8,20H,4-5,7H2,1H3,(H2,18,19,21)/t8-/m0/s1. The van der Waals surface area contributed by atoms with Crippen LogP contribution in [-0.4, -0.2) is 36.6 Å². The fourth-order valence-corrected chi connectivity index (χ4v) is 1.40. The van der Waals surface area contributed by atoms with E-state index in [2.05, 4.69) is 10.6 Å². The zero-order chi connectivity index (χ0) is 16.8. The maximum Gasteiger partial charge on any atom is 0.392 e. The normalized spacial score (nSPS) is 12.6. The molecule has 0 aliphatic heterocycles. The molecule has 5 nitrogen and oxygen atoms in total. The second-order valence-corrected chi connectivity index (χ2v) is 4.54. The third kappa shape index (κ3) is 7.11. The Bertz CT molecular complexity index is 507. The van der Waals surface area contributed by atoms with E-state index in [1.165, 1.54) is 13.0 Å². The van der Waals surface area contributed by atoms with Crippen molar-refractivity contribution in [2.45, 2.75) is 25.6 Å². The topological polar surface area (TPSA) is 70.6 Å². The van der Waals surface area contributed by atoms with Crippen LogP contribution in [0.2, 0.25) is 0 Å². The number of hydrogen-bond donors (Lipinski definition) is 3. The molecule has 0 radical (unpaired) electrons. The lowest BCUT2D eigenvalue weighted by atomic mass is 10.3. The predicted molar refractivity (Wildman–Crippen MR) is 71.3 cm³/mol. The van der Waals surface area contributed by atoms with Gasteiger partial charge in [0, 0.05) is 12.6 Å². The van der Waals surface area contributed by atoms with Crippen LogP contribution in [0.5, 0.6) is 5.75 Å². The van der Waals surface area contributed by atoms with Gasteiger partial charge in [-0.1, -0.05) is 0 Å². The predicted octanol–water partition coefficient (Wildman–Crippen LogP) is 2.66. The third-order valence-electron chi connectivity index (χ3n) is 2.39. The summed E-state index contributed by atoms with van der Waals surface area (Å²) in [5, 5.41) is 13.7. The van der Waals surface area contributed by atoms with Crippen LogP contribution in [0.1, 0.15) is 13.3 Å². The average Bonchev–Trinajstić information content (AvgIpc) is 2.38. The highest BCUT2D eigenvalue weighted by Gasteiger charge is 2.27. The molecule has 0 aromatic heterocycles. The molecule has 0 aliphatic carbocycles. The monoisotopic (exact) mass is 324 g/mol. The fraction of sp³-hybridized carbons (Fsp3) is 0.462. The molecule has 0 bridgehead atoms. The van der Waals surface area contributed by atoms with Crippen molar-refractivity contribution >= 4 is 11.7 Å². The first-order chi connectivity index (χ1) is 10.2. The van der Waals surface area contributed by atoms with Gasteiger partial charge in [-0.25, -0.2) is 9.18 Å². The molecule has 1 aromatic rings. The van der Waals surface area contributed by atoms with E-state index < -0.39 is 37.2 Å². The Balaban J connectivity index is 2.67. The summed E-state index contributed by atoms with van der Waals surface area (Å²) in [6.07, 6.45) is -6.35. The van der Waals surface area contributed by atoms with Crippen LogP contribution in [0, 0.1) is 5.82 Å². The van der Waals surface area contributed by atoms with Crippen LogP contribution in [0.15, 0.2) is 18.2 Å². The molecule has 0 aliphatic rings. The molecule has 0 saturated carbocycles. The molecule has 0 unspecified atom stereocenters. The van der Waals surface area contributed by atoms with Gasteiger partial charge in [0.05, 0.1) is 24.8 Å². The van der Waals surface area contributed by atoms with Crippen LogP contribution in [0.3, 0.4) is 0 Å². The van der Waals surface area contributed by atoms with Gasteiger partial charge in [0.25, 0.3) is 0 Å². The Morgan fingerprint density at radius 1 is 1.41 bits per heavy atom. The Morgan fingerprint density at radius 3 is 2.68 bits per heavy atom. The van der Waals surface area contributed by atoms with Crippen molar-refractivity contribution in [3.8, 4) is 5.75 Å². The quantitative estimate of drug-likeness (QED) is 0.705. The first kappa shape index (κ1) is 18.0. The second-order valence-electron chi connectivity index (χ2n) is 4.54. The lowest BCUT2D eigenvalue weighted by Crippen LogP contribution is -2.34. The van der Waals surface area contributed by atoms with E-state index in [-0.39, 0.29) is 18.0 Å². The van der Waals surface area contributed by atoms with Gasteiger partial charge < -0.3 is 20.5 Å². The van der Waals surface area contributed by atoms with E-state index in [0.717, 1.165) is 12.1 Å². The van der Waals surface area contributed by atoms with Crippen molar-refractivity contribution < 1.29 is 32.2 Å². The second kappa shape index (κ2) is 7.83. The van der Waals surface area contributed by atoms with Crippen LogP contribution in [0.4, 0.5) is 28.0 Å². The van der Waals surface area contributed by atoms with Crippen molar-refractivity contribution in [2.75, 3.05) is 18.5 Å². The Labute approximate surface area is 124 Å². The molecule has 0 heterocycles. The van der Waals surface area contributed by atoms with Gasteiger partial charge in [0.1, 0.15) is 11.6 Å². The molecule has 3 N–H and O–H groups in total. The number of nitrogens with one attached hydrogen (secondary N) is 2. The highest BCUT2D eigenvalue weighted by molar-refractivity contribution is 5.90. The van der Waals surface area contributed by atoms with Crippen LogP contribution in [0.25, 0.3) is 0 Å². The number of rotatable bonds is 6. The van der Waals surface area contributed by atoms with Crippen LogP contribution < -0.4 is 15.4 Å². The van der Waals surface area contributed by atoms with Gasteiger partial charge in [-0.15, -0.1) is 0 Å². The number of aliphatic hydroxyl groups excluding tert-OH is 1. The number of ether oxygens (including phenoxy) is 1. The molecule has 1 atom stereocenters. The highest BCUT2D eigenvalue weighted by Crippen LogP contribution is 2.27. The summed E-state index contributed by atoms with van der Waals surface area (Å²) in [6, 6.07) is 2.37. The van der Waals surface area contributed by atoms with E-state index in [1.54, 1.807) is 0 Å². The molecule has 22 heavy (non-hydrogen) atoms. The number of halogens is 4. The molecule has 1 rings (SSSR count). The zero-order valence-corrected chi connectivity index (χ0v) is 11.7. The molecule has 0 fully saturated rings. The van der Waals surface area contributed by atoms with Gasteiger partial charge in [-0.05, 0) is 19.1 Å². The Kier molecular flexibility index (Phi) is 6.41. The molecule has 0 saturated heterocycles. The summed E-state index contributed by atoms with van der Waals surface area (Å²) in [7, 11) is 0. The van der Waals surface area contributed by atoms with Crippen molar-refractivity contribution in [3.05, 3.63) is 24.0 Å². The Hall–Kier alpha value is -2.03. The van der Waals surface area contributed by atoms with E-state index in [9.17, 15) is 22.4 Å². The maximum absolute atomic E-state index is 13.1. The number of anilines is 1. The number of urea groups is 1. The number of amides is 2. The van der Waals surface area contributed by atoms with E-state index in [1.807, 2.05) is 0 Å². The molecular formula is C13H16F4N2O3. The first-order valence-electron chi connectivity index (χ1n) is 6.39. The third-order valence-corrected chi connectivity index (χ3v) is 2.39. The summed E-state index contributed by atoms with van der Waals surface area (Å²) < 4.78 is 54.2. The minimum Gasteiger partial charge on any atom is -0.491 e. The minimum atomic E-state index is -4.39. The largest absolute Gasteiger partial charge is 0.491 e. The lowest BCUT2D eigenvalue weighted by Gasteiger charge is -2.14. The van der Waals surface area contributed by atoms with Gasteiger partial charge in [-0.2, -0.15) is 13.2 Å². The van der Waals surface area contributed by atoms with Crippen molar-refractivity contribution in [3.63, 3.8) is 0 Å². The Morgan fingerprint density at radius 2 is 2.09 bits per heavy atom. The molecule has 1 aromatic carbocycles. The number of carbonyl (C=O) groups is 1. The van der Waals surface area contributed by atoms with Crippen molar-refractivity contribution in [1.82, 2.24) is 5.32 Å². The smallest absolute Gasteiger partial charge is 0.392 e. The first-order valence-corrected chi connectivity index (χ1v) is 6.39. The van der Waals surface area contributed by atoms with E-state index in [4.69, 9.17) is 9.84 Å². The molecule has 9 heteroatoms. The summed E-state index contributed by atoms with van der Waals surface area (Å²) in [5.74, 6) is -0.923. The number of alkyl halides is 3. The summed E-state index contributed by atoms with van der Waals surface area (Å²) in [4.78, 5) is 11.5. The van der Waals surface area contributed by atoms with Crippen LogP contribution >= 0.6 is 0 Å². The molecule has 2 amide bonds. The highest BCUT2D eigenvalue weighted by atomic mass is 19.4. The SMILES string of the molecule is C[C@H](O)CNC(=O)Nc1ccc(F)cc1OCCC(F)(F)F. The van der Waals surface area contributed by atoms with Gasteiger partial charge in [0.15, 0.2) is 0 Å². The van der Waals surface area contributed by atoms with Gasteiger partial charge in [-0.3, -0.25) is 0 Å². The van der Waals surface area contributed by atoms with E-state index >= 15 is 0 Å². The molecule has 0 spiro atoms. The maximum atomic E-state index is 13.1. The number of benzene rings is 1. The number of carbonyl (C=O) groups excluding carboxylic acids is 1. The molecular weight excluding hydrogens is 308 g/mol. The number of aliphatic hydroxyl groups is 1. The van der Waals surface area contributed by atoms with Crippen molar-refractivity contribution in [1.29, 1.82) is 0 Å². The number of hydrogen-bond acceptors (Lipinski definition) is 3. The summed E-state index contributed by atoms with van der Waals surface area (Å²) in [6.45, 7) is 0.748. The lowest BCUT2D eigenvalue weighted by molar-refractivity contribution is -0.139. The van der Waals surface area contributed by atoms with E-state index in [0.29, 0.717) is 0 Å². The fourth-order valence-electron chi connectivity index (χ4n) is 1.40. The van der Waals surface area contributed by atoms with Crippen LogP contribution in [-0.2, 0) is 0 Å². The molecule has 124 valence electrons. The summed E-state index contributed by atoms with van der Waals surface area (Å²) >= 11 is 0. The van der Waals surface area contributed by atoms with Gasteiger partial charge in [0.2, 0.25) is 0 Å². The minimum absolute atomic E-state index is 0.0166.